The van der Waals surface area contributed by atoms with Crippen LogP contribution in [0.25, 0.3) is 0 Å². The Morgan fingerprint density at radius 1 is 1.10 bits per heavy atom. The van der Waals surface area contributed by atoms with Crippen LogP contribution in [0.4, 0.5) is 8.78 Å². The number of ketones is 1. The van der Waals surface area contributed by atoms with Crippen LogP contribution in [-0.4, -0.2) is 29.3 Å². The Balaban J connectivity index is 2.32. The molecule has 1 fully saturated rings. The minimum Gasteiger partial charge on any atom is -0.292 e. The third-order valence-corrected chi connectivity index (χ3v) is 4.22. The Labute approximate surface area is 118 Å². The lowest BCUT2D eigenvalue weighted by Gasteiger charge is -2.39. The van der Waals surface area contributed by atoms with Gasteiger partial charge in [0, 0.05) is 0 Å². The van der Waals surface area contributed by atoms with Gasteiger partial charge in [-0.25, -0.2) is 8.78 Å². The highest BCUT2D eigenvalue weighted by atomic mass is 19.2. The van der Waals surface area contributed by atoms with Gasteiger partial charge in [0.15, 0.2) is 17.4 Å². The van der Waals surface area contributed by atoms with Crippen LogP contribution in [0.1, 0.15) is 49.0 Å². The maximum absolute atomic E-state index is 14.0. The second kappa shape index (κ2) is 5.60. The molecule has 110 valence electrons. The quantitative estimate of drug-likeness (QED) is 0.787. The lowest BCUT2D eigenvalue weighted by Crippen LogP contribution is -2.52. The van der Waals surface area contributed by atoms with Crippen LogP contribution in [-0.2, 0) is 0 Å². The molecular weight excluding hydrogens is 260 g/mol. The number of hydrogen-bond donors (Lipinski definition) is 0. The average molecular weight is 281 g/mol. The molecule has 4 heteroatoms. The van der Waals surface area contributed by atoms with Crippen LogP contribution in [0.5, 0.6) is 0 Å². The Morgan fingerprint density at radius 3 is 2.30 bits per heavy atom. The van der Waals surface area contributed by atoms with Crippen molar-refractivity contribution < 1.29 is 13.6 Å². The maximum atomic E-state index is 14.0. The van der Waals surface area contributed by atoms with E-state index in [1.54, 1.807) is 13.8 Å². The summed E-state index contributed by atoms with van der Waals surface area (Å²) in [7, 11) is 0. The molecule has 1 aromatic rings. The summed E-state index contributed by atoms with van der Waals surface area (Å²) in [6.07, 6.45) is 3.25. The Bertz CT molecular complexity index is 519. The SMILES string of the molecule is Cc1ccc(C(=O)C(C)(C)N2CCCCC2)c(F)c1F. The predicted molar refractivity (Wildman–Crippen MR) is 74.9 cm³/mol. The maximum Gasteiger partial charge on any atom is 0.185 e. The first-order valence-electron chi connectivity index (χ1n) is 7.10. The van der Waals surface area contributed by atoms with E-state index in [9.17, 15) is 13.6 Å². The summed E-state index contributed by atoms with van der Waals surface area (Å²) in [5, 5.41) is 0. The third kappa shape index (κ3) is 2.62. The Kier molecular flexibility index (Phi) is 4.23. The molecule has 0 bridgehead atoms. The smallest absolute Gasteiger partial charge is 0.185 e. The number of halogens is 2. The first-order valence-corrected chi connectivity index (χ1v) is 7.10. The van der Waals surface area contributed by atoms with Crippen LogP contribution >= 0.6 is 0 Å². The van der Waals surface area contributed by atoms with Gasteiger partial charge in [-0.1, -0.05) is 12.5 Å². The zero-order valence-corrected chi connectivity index (χ0v) is 12.3. The first-order chi connectivity index (χ1) is 9.35. The molecule has 0 unspecified atom stereocenters. The van der Waals surface area contributed by atoms with E-state index in [1.807, 2.05) is 0 Å². The number of benzene rings is 1. The van der Waals surface area contributed by atoms with Crippen molar-refractivity contribution in [1.29, 1.82) is 0 Å². The summed E-state index contributed by atoms with van der Waals surface area (Å²) in [6.45, 7) is 6.72. The van der Waals surface area contributed by atoms with Crippen LogP contribution < -0.4 is 0 Å². The van der Waals surface area contributed by atoms with E-state index in [1.165, 1.54) is 19.1 Å². The molecule has 0 radical (unpaired) electrons. The number of carbonyl (C=O) groups excluding carboxylic acids is 1. The number of Topliss-reactive ketones (excluding diaryl/α,β-unsaturated/α-hetero) is 1. The molecule has 0 atom stereocenters. The van der Waals surface area contributed by atoms with Crippen LogP contribution in [0.3, 0.4) is 0 Å². The number of aryl methyl sites for hydroxylation is 1. The molecule has 2 nitrogen and oxygen atoms in total. The van der Waals surface area contributed by atoms with E-state index in [-0.39, 0.29) is 16.9 Å². The molecule has 1 aliphatic heterocycles. The van der Waals surface area contributed by atoms with Crippen molar-refractivity contribution in [3.63, 3.8) is 0 Å². The van der Waals surface area contributed by atoms with E-state index >= 15 is 0 Å². The predicted octanol–water partition coefficient (Wildman–Crippen LogP) is 3.72. The number of rotatable bonds is 3. The molecule has 0 aliphatic carbocycles. The summed E-state index contributed by atoms with van der Waals surface area (Å²) >= 11 is 0. The van der Waals surface area contributed by atoms with Gasteiger partial charge in [-0.2, -0.15) is 0 Å². The molecule has 20 heavy (non-hydrogen) atoms. The molecule has 0 amide bonds. The number of likely N-dealkylation sites (tertiary alicyclic amines) is 1. The van der Waals surface area contributed by atoms with Gasteiger partial charge >= 0.3 is 0 Å². The van der Waals surface area contributed by atoms with Gasteiger partial charge in [-0.15, -0.1) is 0 Å². The lowest BCUT2D eigenvalue weighted by atomic mass is 9.89. The number of piperidine rings is 1. The molecule has 2 rings (SSSR count). The van der Waals surface area contributed by atoms with Crippen molar-refractivity contribution in [3.8, 4) is 0 Å². The summed E-state index contributed by atoms with van der Waals surface area (Å²) in [5.74, 6) is -2.30. The van der Waals surface area contributed by atoms with Gasteiger partial charge in [-0.05, 0) is 58.3 Å². The van der Waals surface area contributed by atoms with Crippen molar-refractivity contribution in [2.75, 3.05) is 13.1 Å². The van der Waals surface area contributed by atoms with Gasteiger partial charge in [0.2, 0.25) is 0 Å². The van der Waals surface area contributed by atoms with Gasteiger partial charge in [0.1, 0.15) is 0 Å². The summed E-state index contributed by atoms with van der Waals surface area (Å²) in [4.78, 5) is 14.7. The van der Waals surface area contributed by atoms with Crippen molar-refractivity contribution in [2.45, 2.75) is 45.6 Å². The molecule has 1 aliphatic rings. The molecule has 0 aromatic heterocycles. The second-order valence-electron chi connectivity index (χ2n) is 5.99. The third-order valence-electron chi connectivity index (χ3n) is 4.22. The molecule has 1 aromatic carbocycles. The van der Waals surface area contributed by atoms with Gasteiger partial charge in [-0.3, -0.25) is 9.69 Å². The van der Waals surface area contributed by atoms with Gasteiger partial charge in [0.25, 0.3) is 0 Å². The molecule has 1 saturated heterocycles. The normalized spacial score (nSPS) is 17.2. The molecule has 0 spiro atoms. The molecule has 0 N–H and O–H groups in total. The summed E-state index contributed by atoms with van der Waals surface area (Å²) in [6, 6.07) is 2.85. The summed E-state index contributed by atoms with van der Waals surface area (Å²) in [5.41, 5.74) is -0.735. The minimum absolute atomic E-state index is 0.149. The highest BCUT2D eigenvalue weighted by Crippen LogP contribution is 2.27. The highest BCUT2D eigenvalue weighted by Gasteiger charge is 2.37. The molecular formula is C16H21F2NO. The number of nitrogens with zero attached hydrogens (tertiary/aromatic N) is 1. The van der Waals surface area contributed by atoms with Crippen LogP contribution in [0, 0.1) is 18.6 Å². The van der Waals surface area contributed by atoms with Crippen LogP contribution in [0.2, 0.25) is 0 Å². The summed E-state index contributed by atoms with van der Waals surface area (Å²) < 4.78 is 27.6. The van der Waals surface area contributed by atoms with E-state index in [2.05, 4.69) is 4.90 Å². The zero-order valence-electron chi connectivity index (χ0n) is 12.3. The second-order valence-corrected chi connectivity index (χ2v) is 5.99. The fourth-order valence-corrected chi connectivity index (χ4v) is 2.75. The van der Waals surface area contributed by atoms with Gasteiger partial charge in [0.05, 0.1) is 11.1 Å². The largest absolute Gasteiger partial charge is 0.292 e. The van der Waals surface area contributed by atoms with Gasteiger partial charge < -0.3 is 0 Å². The minimum atomic E-state index is -1.03. The molecule has 1 heterocycles. The molecule has 0 saturated carbocycles. The van der Waals surface area contributed by atoms with Crippen molar-refractivity contribution >= 4 is 5.78 Å². The van der Waals surface area contributed by atoms with Crippen LogP contribution in [0.15, 0.2) is 12.1 Å². The topological polar surface area (TPSA) is 20.3 Å². The monoisotopic (exact) mass is 281 g/mol. The fraction of sp³-hybridized carbons (Fsp3) is 0.562. The lowest BCUT2D eigenvalue weighted by molar-refractivity contribution is 0.0574. The van der Waals surface area contributed by atoms with E-state index < -0.39 is 17.2 Å². The van der Waals surface area contributed by atoms with Crippen molar-refractivity contribution in [2.24, 2.45) is 0 Å². The number of carbonyl (C=O) groups is 1. The van der Waals surface area contributed by atoms with E-state index in [0.29, 0.717) is 0 Å². The van der Waals surface area contributed by atoms with E-state index in [4.69, 9.17) is 0 Å². The standard InChI is InChI=1S/C16H21F2NO/c1-11-7-8-12(14(18)13(11)17)15(20)16(2,3)19-9-5-4-6-10-19/h7-8H,4-6,9-10H2,1-3H3. The highest BCUT2D eigenvalue weighted by molar-refractivity contribution is 6.03. The Morgan fingerprint density at radius 2 is 1.70 bits per heavy atom. The fourth-order valence-electron chi connectivity index (χ4n) is 2.75. The zero-order chi connectivity index (χ0) is 14.9. The first kappa shape index (κ1) is 15.1. The van der Waals surface area contributed by atoms with Crippen molar-refractivity contribution in [1.82, 2.24) is 4.90 Å². The average Bonchev–Trinajstić information content (AvgIpc) is 2.45. The Hall–Kier alpha value is -1.29. The van der Waals surface area contributed by atoms with Crippen molar-refractivity contribution in [3.05, 3.63) is 34.9 Å². The van der Waals surface area contributed by atoms with E-state index in [0.717, 1.165) is 32.4 Å². The number of hydrogen-bond acceptors (Lipinski definition) is 2.